The molecule has 2 amide bonds. The maximum absolute atomic E-state index is 12.3. The Balaban J connectivity index is 0.000000191. The Morgan fingerprint density at radius 1 is 0.618 bits per heavy atom. The van der Waals surface area contributed by atoms with E-state index in [0.29, 0.717) is 11.1 Å². The smallest absolute Gasteiger partial charge is 0.362 e. The van der Waals surface area contributed by atoms with E-state index in [-0.39, 0.29) is 50.3 Å². The van der Waals surface area contributed by atoms with Crippen LogP contribution in [0.25, 0.3) is 0 Å². The number of carbonyl (C=O) groups is 2. The number of benzene rings is 2. The van der Waals surface area contributed by atoms with Crippen molar-refractivity contribution in [2.75, 3.05) is 26.3 Å². The quantitative estimate of drug-likeness (QED) is 0.629. The second kappa shape index (κ2) is 10.4. The van der Waals surface area contributed by atoms with Crippen LogP contribution in [0, 0.1) is 0 Å². The summed E-state index contributed by atoms with van der Waals surface area (Å²) in [4.78, 5) is 21.7. The van der Waals surface area contributed by atoms with Crippen LogP contribution in [0.5, 0.6) is 0 Å². The summed E-state index contributed by atoms with van der Waals surface area (Å²) in [6, 6.07) is 9.50. The number of amides is 2. The fraction of sp³-hybridized carbons (Fsp3) is 0.364. The molecule has 2 aliphatic heterocycles. The lowest BCUT2D eigenvalue weighted by Gasteiger charge is -2.23. The molecule has 6 nitrogen and oxygen atoms in total. The van der Waals surface area contributed by atoms with Gasteiger partial charge in [0.05, 0.1) is 11.1 Å². The molecule has 2 heterocycles. The van der Waals surface area contributed by atoms with Gasteiger partial charge < -0.3 is 20.1 Å². The first-order valence-corrected chi connectivity index (χ1v) is 10.0. The molecule has 0 aliphatic carbocycles. The number of morpholine rings is 2. The van der Waals surface area contributed by atoms with Crippen molar-refractivity contribution in [2.24, 2.45) is 0 Å². The minimum atomic E-state index is -4.33. The van der Waals surface area contributed by atoms with Gasteiger partial charge in [-0.1, -0.05) is 24.3 Å². The summed E-state index contributed by atoms with van der Waals surface area (Å²) in [5.41, 5.74) is -0.141. The molecule has 2 fully saturated rings. The van der Waals surface area contributed by atoms with Gasteiger partial charge in [-0.05, 0) is 35.4 Å². The van der Waals surface area contributed by atoms with Crippen molar-refractivity contribution in [2.45, 2.75) is 24.6 Å². The lowest BCUT2D eigenvalue weighted by atomic mass is 10.1. The van der Waals surface area contributed by atoms with E-state index in [1.54, 1.807) is 0 Å². The molecular weight excluding hydrogens is 470 g/mol. The van der Waals surface area contributed by atoms with Crippen molar-refractivity contribution >= 4 is 11.8 Å². The molecule has 2 atom stereocenters. The lowest BCUT2D eigenvalue weighted by molar-refractivity contribution is -0.138. The highest BCUT2D eigenvalue weighted by atomic mass is 19.4. The maximum atomic E-state index is 12.3. The van der Waals surface area contributed by atoms with Gasteiger partial charge in [-0.2, -0.15) is 26.3 Å². The van der Waals surface area contributed by atoms with Gasteiger partial charge >= 0.3 is 12.4 Å². The van der Waals surface area contributed by atoms with Crippen LogP contribution in [0.3, 0.4) is 0 Å². The van der Waals surface area contributed by atoms with E-state index in [0.717, 1.165) is 24.3 Å². The summed E-state index contributed by atoms with van der Waals surface area (Å²) < 4.78 is 84.4. The first kappa shape index (κ1) is 25.5. The summed E-state index contributed by atoms with van der Waals surface area (Å²) >= 11 is 0. The van der Waals surface area contributed by atoms with Gasteiger partial charge in [0.25, 0.3) is 0 Å². The first-order chi connectivity index (χ1) is 15.9. The van der Waals surface area contributed by atoms with Gasteiger partial charge in [-0.15, -0.1) is 0 Å². The zero-order valence-corrected chi connectivity index (χ0v) is 17.5. The third-order valence-electron chi connectivity index (χ3n) is 5.02. The molecule has 12 heteroatoms. The van der Waals surface area contributed by atoms with E-state index >= 15 is 0 Å². The fourth-order valence-corrected chi connectivity index (χ4v) is 3.19. The topological polar surface area (TPSA) is 76.7 Å². The van der Waals surface area contributed by atoms with E-state index < -0.39 is 23.5 Å². The predicted molar refractivity (Wildman–Crippen MR) is 106 cm³/mol. The third kappa shape index (κ3) is 6.94. The number of nitrogens with one attached hydrogen (secondary N) is 2. The molecule has 0 aromatic heterocycles. The number of hydrogen-bond acceptors (Lipinski definition) is 4. The Bertz CT molecular complexity index is 889. The summed E-state index contributed by atoms with van der Waals surface area (Å²) in [5.74, 6) is -0.429. The van der Waals surface area contributed by atoms with Crippen molar-refractivity contribution in [1.29, 1.82) is 0 Å². The lowest BCUT2D eigenvalue weighted by Crippen LogP contribution is -2.38. The number of rotatable bonds is 2. The van der Waals surface area contributed by atoms with Crippen LogP contribution < -0.4 is 10.6 Å². The van der Waals surface area contributed by atoms with Crippen LogP contribution in [0.4, 0.5) is 26.3 Å². The van der Waals surface area contributed by atoms with E-state index in [1.165, 1.54) is 24.3 Å². The van der Waals surface area contributed by atoms with Crippen molar-refractivity contribution in [3.05, 3.63) is 70.8 Å². The fourth-order valence-electron chi connectivity index (χ4n) is 3.19. The van der Waals surface area contributed by atoms with E-state index in [9.17, 15) is 35.9 Å². The molecule has 2 aliphatic rings. The summed E-state index contributed by atoms with van der Waals surface area (Å²) in [6.07, 6.45) is -9.43. The second-order valence-corrected chi connectivity index (χ2v) is 7.45. The molecule has 0 bridgehead atoms. The molecule has 184 valence electrons. The van der Waals surface area contributed by atoms with Crippen LogP contribution >= 0.6 is 0 Å². The van der Waals surface area contributed by atoms with Crippen molar-refractivity contribution in [3.63, 3.8) is 0 Å². The number of hydrogen-bond donors (Lipinski definition) is 2. The molecular formula is C22H20F6N2O4. The van der Waals surface area contributed by atoms with Crippen LogP contribution in [0.1, 0.15) is 34.5 Å². The molecule has 34 heavy (non-hydrogen) atoms. The van der Waals surface area contributed by atoms with Gasteiger partial charge in [0.1, 0.15) is 25.4 Å². The number of carbonyl (C=O) groups excluding carboxylic acids is 2. The van der Waals surface area contributed by atoms with Gasteiger partial charge in [-0.25, -0.2) is 0 Å². The summed E-state index contributed by atoms with van der Waals surface area (Å²) in [7, 11) is 0. The van der Waals surface area contributed by atoms with Gasteiger partial charge in [0.2, 0.25) is 11.8 Å². The Morgan fingerprint density at radius 3 is 1.18 bits per heavy atom. The zero-order chi connectivity index (χ0) is 24.9. The van der Waals surface area contributed by atoms with Crippen LogP contribution in [0.2, 0.25) is 0 Å². The molecule has 2 aromatic rings. The first-order valence-electron chi connectivity index (χ1n) is 10.0. The monoisotopic (exact) mass is 490 g/mol. The van der Waals surface area contributed by atoms with Gasteiger partial charge in [0.15, 0.2) is 0 Å². The molecule has 4 rings (SSSR count). The highest BCUT2D eigenvalue weighted by Gasteiger charge is 2.31. The number of ether oxygens (including phenoxy) is 2. The van der Waals surface area contributed by atoms with E-state index in [2.05, 4.69) is 10.6 Å². The normalized spacial score (nSPS) is 21.1. The molecule has 0 radical (unpaired) electrons. The zero-order valence-electron chi connectivity index (χ0n) is 17.5. The van der Waals surface area contributed by atoms with Crippen molar-refractivity contribution in [1.82, 2.24) is 10.6 Å². The van der Waals surface area contributed by atoms with Gasteiger partial charge in [0, 0.05) is 13.1 Å². The van der Waals surface area contributed by atoms with Crippen LogP contribution in [-0.2, 0) is 31.4 Å². The average molecular weight is 490 g/mol. The molecule has 2 aromatic carbocycles. The molecule has 2 saturated heterocycles. The standard InChI is InChI=1S/2C11H10F3NO2/c2*12-11(13,14)8-3-1-7(2-4-8)9-5-15-10(16)6-17-9/h2*1-4,9H,5-6H2,(H,15,16). The van der Waals surface area contributed by atoms with Gasteiger partial charge in [-0.3, -0.25) is 9.59 Å². The van der Waals surface area contributed by atoms with E-state index in [1.807, 2.05) is 0 Å². The highest BCUT2D eigenvalue weighted by molar-refractivity contribution is 5.78. The molecule has 0 saturated carbocycles. The third-order valence-corrected chi connectivity index (χ3v) is 5.02. The van der Waals surface area contributed by atoms with E-state index in [4.69, 9.17) is 9.47 Å². The Hall–Kier alpha value is -3.12. The minimum Gasteiger partial charge on any atom is -0.362 e. The number of halogens is 6. The molecule has 2 unspecified atom stereocenters. The Kier molecular flexibility index (Phi) is 7.82. The highest BCUT2D eigenvalue weighted by Crippen LogP contribution is 2.31. The molecule has 0 spiro atoms. The average Bonchev–Trinajstić information content (AvgIpc) is 2.80. The van der Waals surface area contributed by atoms with Crippen molar-refractivity contribution < 1.29 is 45.4 Å². The largest absolute Gasteiger partial charge is 0.416 e. The Labute approximate surface area is 190 Å². The van der Waals surface area contributed by atoms with Crippen LogP contribution in [-0.4, -0.2) is 38.1 Å². The Morgan fingerprint density at radius 2 is 0.941 bits per heavy atom. The van der Waals surface area contributed by atoms with Crippen molar-refractivity contribution in [3.8, 4) is 0 Å². The SMILES string of the molecule is O=C1COC(c2ccc(C(F)(F)F)cc2)CN1.O=C1COC(c2ccc(C(F)(F)F)cc2)CN1. The predicted octanol–water partition coefficient (Wildman–Crippen LogP) is 3.79. The second-order valence-electron chi connectivity index (χ2n) is 7.45. The number of alkyl halides is 6. The maximum Gasteiger partial charge on any atom is 0.416 e. The minimum absolute atomic E-state index is 0.0638. The molecule has 2 N–H and O–H groups in total. The summed E-state index contributed by atoms with van der Waals surface area (Å²) in [5, 5.41) is 5.18. The van der Waals surface area contributed by atoms with Crippen LogP contribution in [0.15, 0.2) is 48.5 Å². The summed E-state index contributed by atoms with van der Waals surface area (Å²) in [6.45, 7) is 0.436.